The molecule has 0 aliphatic carbocycles. The van der Waals surface area contributed by atoms with Gasteiger partial charge in [0, 0.05) is 20.8 Å². The van der Waals surface area contributed by atoms with Crippen LogP contribution in [0.3, 0.4) is 0 Å². The van der Waals surface area contributed by atoms with E-state index in [-0.39, 0.29) is 0 Å². The van der Waals surface area contributed by atoms with E-state index in [1.165, 1.54) is 10.5 Å². The van der Waals surface area contributed by atoms with E-state index >= 15 is 0 Å². The Labute approximate surface area is 138 Å². The van der Waals surface area contributed by atoms with Gasteiger partial charge in [-0.3, -0.25) is 0 Å². The van der Waals surface area contributed by atoms with Crippen molar-refractivity contribution in [2.24, 2.45) is 0 Å². The highest BCUT2D eigenvalue weighted by Gasteiger charge is 2.07. The first kappa shape index (κ1) is 15.9. The third kappa shape index (κ3) is 4.52. The highest BCUT2D eigenvalue weighted by atomic mass is 79.9. The minimum Gasteiger partial charge on any atom is -0.313 e. The summed E-state index contributed by atoms with van der Waals surface area (Å²) < 4.78 is 1.11. The number of benzene rings is 2. The lowest BCUT2D eigenvalue weighted by atomic mass is 10.2. The number of rotatable bonds is 6. The molecule has 0 aromatic heterocycles. The summed E-state index contributed by atoms with van der Waals surface area (Å²) in [6.07, 6.45) is 1.14. The van der Waals surface area contributed by atoms with Gasteiger partial charge in [-0.2, -0.15) is 0 Å². The first-order valence-corrected chi connectivity index (χ1v) is 8.61. The second-order valence-corrected chi connectivity index (χ2v) is 6.87. The van der Waals surface area contributed by atoms with E-state index in [0.29, 0.717) is 0 Å². The zero-order valence-electron chi connectivity index (χ0n) is 11.3. The Morgan fingerprint density at radius 1 is 1.15 bits per heavy atom. The minimum atomic E-state index is 0.799. The fourth-order valence-electron chi connectivity index (χ4n) is 1.83. The van der Waals surface area contributed by atoms with E-state index in [1.807, 2.05) is 18.2 Å². The van der Waals surface area contributed by atoms with E-state index in [1.54, 1.807) is 11.8 Å². The molecule has 1 nitrogen and oxygen atoms in total. The summed E-state index contributed by atoms with van der Waals surface area (Å²) in [5.74, 6) is 0. The van der Waals surface area contributed by atoms with Gasteiger partial charge in [0.25, 0.3) is 0 Å². The quantitative estimate of drug-likeness (QED) is 0.649. The Hall–Kier alpha value is -0.480. The van der Waals surface area contributed by atoms with Crippen LogP contribution >= 0.6 is 39.3 Å². The van der Waals surface area contributed by atoms with Gasteiger partial charge in [0.1, 0.15) is 0 Å². The predicted octanol–water partition coefficient (Wildman–Crippen LogP) is 5.75. The lowest BCUT2D eigenvalue weighted by Gasteiger charge is -2.11. The molecule has 2 aromatic rings. The zero-order valence-corrected chi connectivity index (χ0v) is 14.5. The van der Waals surface area contributed by atoms with Gasteiger partial charge in [0.15, 0.2) is 0 Å². The molecule has 0 saturated heterocycles. The molecule has 0 aliphatic rings. The molecule has 0 heterocycles. The molecule has 0 atom stereocenters. The molecule has 106 valence electrons. The average molecular weight is 371 g/mol. The van der Waals surface area contributed by atoms with Crippen molar-refractivity contribution in [2.45, 2.75) is 29.7 Å². The van der Waals surface area contributed by atoms with Crippen LogP contribution in [0.2, 0.25) is 5.02 Å². The minimum absolute atomic E-state index is 0.799. The third-order valence-electron chi connectivity index (χ3n) is 2.82. The first-order valence-electron chi connectivity index (χ1n) is 6.62. The summed E-state index contributed by atoms with van der Waals surface area (Å²) in [7, 11) is 0. The summed E-state index contributed by atoms with van der Waals surface area (Å²) in [5, 5.41) is 4.25. The van der Waals surface area contributed by atoms with Crippen LogP contribution < -0.4 is 5.32 Å². The smallest absolute Gasteiger partial charge is 0.0545 e. The molecule has 0 amide bonds. The van der Waals surface area contributed by atoms with Crippen molar-refractivity contribution in [1.29, 1.82) is 0 Å². The average Bonchev–Trinajstić information content (AvgIpc) is 2.44. The lowest BCUT2D eigenvalue weighted by molar-refractivity contribution is 0.669. The van der Waals surface area contributed by atoms with E-state index in [4.69, 9.17) is 11.6 Å². The molecule has 0 spiro atoms. The Bertz CT molecular complexity index is 574. The molecule has 0 aliphatic heterocycles. The number of hydrogen-bond donors (Lipinski definition) is 1. The lowest BCUT2D eigenvalue weighted by Crippen LogP contribution is -2.14. The van der Waals surface area contributed by atoms with Gasteiger partial charge in [0.05, 0.1) is 5.02 Å². The second kappa shape index (κ2) is 8.08. The molecule has 0 unspecified atom stereocenters. The fraction of sp³-hybridized carbons (Fsp3) is 0.250. The molecular weight excluding hydrogens is 354 g/mol. The molecule has 1 N–H and O–H groups in total. The highest BCUT2D eigenvalue weighted by molar-refractivity contribution is 9.10. The Balaban J connectivity index is 2.20. The van der Waals surface area contributed by atoms with Crippen molar-refractivity contribution >= 4 is 39.3 Å². The van der Waals surface area contributed by atoms with Gasteiger partial charge in [-0.1, -0.05) is 58.3 Å². The highest BCUT2D eigenvalue weighted by Crippen LogP contribution is 2.35. The molecule has 0 radical (unpaired) electrons. The maximum absolute atomic E-state index is 6.24. The molecule has 0 fully saturated rings. The number of halogens is 2. The maximum Gasteiger partial charge on any atom is 0.0545 e. The van der Waals surface area contributed by atoms with Gasteiger partial charge < -0.3 is 5.32 Å². The van der Waals surface area contributed by atoms with E-state index in [0.717, 1.165) is 33.9 Å². The summed E-state index contributed by atoms with van der Waals surface area (Å²) in [6.45, 7) is 4.08. The third-order valence-corrected chi connectivity index (χ3v) is 4.95. The van der Waals surface area contributed by atoms with Crippen LogP contribution in [0.25, 0.3) is 0 Å². The zero-order chi connectivity index (χ0) is 14.4. The van der Waals surface area contributed by atoms with Crippen molar-refractivity contribution < 1.29 is 0 Å². The van der Waals surface area contributed by atoms with Gasteiger partial charge in [-0.25, -0.2) is 0 Å². The van der Waals surface area contributed by atoms with Crippen molar-refractivity contribution in [3.63, 3.8) is 0 Å². The summed E-state index contributed by atoms with van der Waals surface area (Å²) in [5.41, 5.74) is 1.29. The Morgan fingerprint density at radius 2 is 1.95 bits per heavy atom. The SMILES string of the molecule is CCCNCc1cc(Br)ccc1Sc1ccccc1Cl. The fourth-order valence-corrected chi connectivity index (χ4v) is 3.44. The van der Waals surface area contributed by atoms with Crippen LogP contribution in [0.1, 0.15) is 18.9 Å². The summed E-state index contributed by atoms with van der Waals surface area (Å²) >= 11 is 11.5. The van der Waals surface area contributed by atoms with Gasteiger partial charge >= 0.3 is 0 Å². The van der Waals surface area contributed by atoms with E-state index in [9.17, 15) is 0 Å². The van der Waals surface area contributed by atoms with Crippen LogP contribution in [-0.4, -0.2) is 6.54 Å². The molecule has 2 rings (SSSR count). The molecule has 4 heteroatoms. The molecule has 0 bridgehead atoms. The van der Waals surface area contributed by atoms with Crippen molar-refractivity contribution in [3.05, 3.63) is 57.5 Å². The van der Waals surface area contributed by atoms with Crippen LogP contribution in [-0.2, 0) is 6.54 Å². The topological polar surface area (TPSA) is 12.0 Å². The van der Waals surface area contributed by atoms with E-state index in [2.05, 4.69) is 52.4 Å². The van der Waals surface area contributed by atoms with E-state index < -0.39 is 0 Å². The van der Waals surface area contributed by atoms with Gasteiger partial charge in [-0.05, 0) is 48.9 Å². The van der Waals surface area contributed by atoms with Gasteiger partial charge in [0.2, 0.25) is 0 Å². The van der Waals surface area contributed by atoms with Crippen molar-refractivity contribution in [1.82, 2.24) is 5.32 Å². The molecule has 0 saturated carbocycles. The normalized spacial score (nSPS) is 10.8. The predicted molar refractivity (Wildman–Crippen MR) is 91.7 cm³/mol. The second-order valence-electron chi connectivity index (χ2n) is 4.46. The summed E-state index contributed by atoms with van der Waals surface area (Å²) in [6, 6.07) is 14.3. The Kier molecular flexibility index (Phi) is 6.43. The maximum atomic E-state index is 6.24. The molecule has 2 aromatic carbocycles. The molecular formula is C16H17BrClNS. The van der Waals surface area contributed by atoms with Crippen LogP contribution in [0, 0.1) is 0 Å². The summed E-state index contributed by atoms with van der Waals surface area (Å²) in [4.78, 5) is 2.33. The monoisotopic (exact) mass is 369 g/mol. The van der Waals surface area contributed by atoms with Crippen LogP contribution in [0.15, 0.2) is 56.7 Å². The number of hydrogen-bond acceptors (Lipinski definition) is 2. The number of nitrogens with one attached hydrogen (secondary N) is 1. The standard InChI is InChI=1S/C16H17BrClNS/c1-2-9-19-11-12-10-13(17)7-8-15(12)20-16-6-4-3-5-14(16)18/h3-8,10,19H,2,9,11H2,1H3. The van der Waals surface area contributed by atoms with Gasteiger partial charge in [-0.15, -0.1) is 0 Å². The first-order chi connectivity index (χ1) is 9.70. The van der Waals surface area contributed by atoms with Crippen LogP contribution in [0.5, 0.6) is 0 Å². The largest absolute Gasteiger partial charge is 0.313 e. The van der Waals surface area contributed by atoms with Crippen molar-refractivity contribution in [3.8, 4) is 0 Å². The Morgan fingerprint density at radius 3 is 2.70 bits per heavy atom. The molecule has 20 heavy (non-hydrogen) atoms. The van der Waals surface area contributed by atoms with Crippen molar-refractivity contribution in [2.75, 3.05) is 6.54 Å². The van der Waals surface area contributed by atoms with Crippen LogP contribution in [0.4, 0.5) is 0 Å².